The number of carbonyl (C=O) groups excluding carboxylic acids is 2. The number of cyclic esters (lactones) is 2. The molecule has 1 aromatic rings. The lowest BCUT2D eigenvalue weighted by Gasteiger charge is -2.29. The van der Waals surface area contributed by atoms with Gasteiger partial charge in [-0.2, -0.15) is 0 Å². The molecule has 1 saturated heterocycles. The third kappa shape index (κ3) is 3.02. The number of hydrogen-bond acceptors (Lipinski definition) is 4. The first-order chi connectivity index (χ1) is 9.32. The molecule has 0 N–H and O–H groups in total. The zero-order valence-electron chi connectivity index (χ0n) is 11.5. The van der Waals surface area contributed by atoms with E-state index in [1.807, 2.05) is 6.92 Å². The molecule has 1 aliphatic rings. The van der Waals surface area contributed by atoms with E-state index in [0.29, 0.717) is 5.02 Å². The Balaban J connectivity index is 2.41. The van der Waals surface area contributed by atoms with Crippen molar-refractivity contribution in [3.63, 3.8) is 0 Å². The molecule has 106 valence electrons. The van der Waals surface area contributed by atoms with Gasteiger partial charge in [0.2, 0.25) is 0 Å². The summed E-state index contributed by atoms with van der Waals surface area (Å²) in [5.41, 5.74) is 1.58. The predicted molar refractivity (Wildman–Crippen MR) is 75.1 cm³/mol. The summed E-state index contributed by atoms with van der Waals surface area (Å²) in [5, 5.41) is 0.610. The standard InChI is InChI=1S/C15H15ClO4/c1-4-9-7-11(16)6-5-10(9)8-12-13(17)19-15(2,3)20-14(12)18/h5-8H,4H2,1-3H3. The summed E-state index contributed by atoms with van der Waals surface area (Å²) >= 11 is 5.93. The Labute approximate surface area is 122 Å². The Morgan fingerprint density at radius 3 is 2.35 bits per heavy atom. The van der Waals surface area contributed by atoms with E-state index in [9.17, 15) is 9.59 Å². The number of esters is 2. The average molecular weight is 295 g/mol. The molecule has 0 spiro atoms. The second-order valence-electron chi connectivity index (χ2n) is 4.93. The van der Waals surface area contributed by atoms with Crippen molar-refractivity contribution in [2.75, 3.05) is 0 Å². The molecule has 1 fully saturated rings. The Morgan fingerprint density at radius 2 is 1.80 bits per heavy atom. The largest absolute Gasteiger partial charge is 0.419 e. The SMILES string of the molecule is CCc1cc(Cl)ccc1C=C1C(=O)OC(C)(C)OC1=O. The fourth-order valence-electron chi connectivity index (χ4n) is 1.96. The van der Waals surface area contributed by atoms with Crippen molar-refractivity contribution in [1.29, 1.82) is 0 Å². The predicted octanol–water partition coefficient (Wildman–Crippen LogP) is 3.12. The van der Waals surface area contributed by atoms with E-state index >= 15 is 0 Å². The molecule has 0 amide bonds. The van der Waals surface area contributed by atoms with Gasteiger partial charge in [0.15, 0.2) is 0 Å². The molecular weight excluding hydrogens is 280 g/mol. The van der Waals surface area contributed by atoms with Crippen LogP contribution in [0, 0.1) is 0 Å². The zero-order chi connectivity index (χ0) is 14.9. The van der Waals surface area contributed by atoms with Gasteiger partial charge in [-0.1, -0.05) is 24.6 Å². The average Bonchev–Trinajstić information content (AvgIpc) is 2.34. The van der Waals surface area contributed by atoms with Crippen LogP contribution >= 0.6 is 11.6 Å². The minimum absolute atomic E-state index is 0.110. The van der Waals surface area contributed by atoms with Crippen LogP contribution in [0.25, 0.3) is 6.08 Å². The first kappa shape index (κ1) is 14.6. The fourth-order valence-corrected chi connectivity index (χ4v) is 2.15. The molecule has 1 heterocycles. The van der Waals surface area contributed by atoms with Crippen LogP contribution < -0.4 is 0 Å². The van der Waals surface area contributed by atoms with Crippen LogP contribution in [0.4, 0.5) is 0 Å². The number of rotatable bonds is 2. The molecule has 5 heteroatoms. The van der Waals surface area contributed by atoms with Gasteiger partial charge in [0.1, 0.15) is 5.57 Å². The molecule has 0 bridgehead atoms. The van der Waals surface area contributed by atoms with Crippen molar-refractivity contribution in [1.82, 2.24) is 0 Å². The minimum atomic E-state index is -1.22. The number of ether oxygens (including phenoxy) is 2. The van der Waals surface area contributed by atoms with Crippen molar-refractivity contribution in [3.8, 4) is 0 Å². The molecular formula is C15H15ClO4. The number of benzene rings is 1. The van der Waals surface area contributed by atoms with Gasteiger partial charge in [0, 0.05) is 18.9 Å². The highest BCUT2D eigenvalue weighted by Gasteiger charge is 2.38. The van der Waals surface area contributed by atoms with E-state index in [1.54, 1.807) is 18.2 Å². The molecule has 1 aromatic carbocycles. The van der Waals surface area contributed by atoms with Crippen molar-refractivity contribution < 1.29 is 19.1 Å². The Kier molecular flexibility index (Phi) is 3.86. The highest BCUT2D eigenvalue weighted by atomic mass is 35.5. The molecule has 0 radical (unpaired) electrons. The fraction of sp³-hybridized carbons (Fsp3) is 0.333. The maximum Gasteiger partial charge on any atom is 0.348 e. The summed E-state index contributed by atoms with van der Waals surface area (Å²) < 4.78 is 10.1. The molecule has 0 unspecified atom stereocenters. The van der Waals surface area contributed by atoms with E-state index < -0.39 is 17.7 Å². The summed E-state index contributed by atoms with van der Waals surface area (Å²) in [6, 6.07) is 5.27. The van der Waals surface area contributed by atoms with Crippen LogP contribution in [0.1, 0.15) is 31.9 Å². The second kappa shape index (κ2) is 5.29. The molecule has 0 saturated carbocycles. The molecule has 1 aliphatic heterocycles. The topological polar surface area (TPSA) is 52.6 Å². The van der Waals surface area contributed by atoms with Crippen LogP contribution in [0.3, 0.4) is 0 Å². The highest BCUT2D eigenvalue weighted by molar-refractivity contribution is 6.30. The van der Waals surface area contributed by atoms with Gasteiger partial charge >= 0.3 is 11.9 Å². The Morgan fingerprint density at radius 1 is 1.20 bits per heavy atom. The van der Waals surface area contributed by atoms with Gasteiger partial charge in [0.05, 0.1) is 0 Å². The summed E-state index contributed by atoms with van der Waals surface area (Å²) in [6.07, 6.45) is 2.21. The van der Waals surface area contributed by atoms with Gasteiger partial charge in [-0.05, 0) is 35.8 Å². The second-order valence-corrected chi connectivity index (χ2v) is 5.37. The molecule has 0 aromatic heterocycles. The number of hydrogen-bond donors (Lipinski definition) is 0. The summed E-state index contributed by atoms with van der Waals surface area (Å²) in [4.78, 5) is 23.7. The quantitative estimate of drug-likeness (QED) is 0.478. The number of aryl methyl sites for hydroxylation is 1. The maximum absolute atomic E-state index is 11.9. The molecule has 0 atom stereocenters. The minimum Gasteiger partial charge on any atom is -0.419 e. The van der Waals surface area contributed by atoms with Crippen LogP contribution in [-0.2, 0) is 25.5 Å². The lowest BCUT2D eigenvalue weighted by Crippen LogP contribution is -2.41. The molecule has 0 aliphatic carbocycles. The normalized spacial score (nSPS) is 17.5. The monoisotopic (exact) mass is 294 g/mol. The molecule has 4 nitrogen and oxygen atoms in total. The van der Waals surface area contributed by atoms with Crippen molar-refractivity contribution in [2.45, 2.75) is 33.0 Å². The first-order valence-corrected chi connectivity index (χ1v) is 6.67. The third-order valence-corrected chi connectivity index (χ3v) is 3.14. The molecule has 20 heavy (non-hydrogen) atoms. The van der Waals surface area contributed by atoms with Crippen LogP contribution in [-0.4, -0.2) is 17.7 Å². The van der Waals surface area contributed by atoms with Crippen molar-refractivity contribution in [2.24, 2.45) is 0 Å². The van der Waals surface area contributed by atoms with Crippen molar-refractivity contribution >= 4 is 29.6 Å². The summed E-state index contributed by atoms with van der Waals surface area (Å²) in [7, 11) is 0. The lowest BCUT2D eigenvalue weighted by molar-refractivity contribution is -0.222. The maximum atomic E-state index is 11.9. The van der Waals surface area contributed by atoms with Gasteiger partial charge in [-0.3, -0.25) is 0 Å². The first-order valence-electron chi connectivity index (χ1n) is 6.29. The van der Waals surface area contributed by atoms with E-state index in [-0.39, 0.29) is 5.57 Å². The molecule has 2 rings (SSSR count). The smallest absolute Gasteiger partial charge is 0.348 e. The van der Waals surface area contributed by atoms with E-state index in [0.717, 1.165) is 17.5 Å². The van der Waals surface area contributed by atoms with E-state index in [1.165, 1.54) is 19.9 Å². The summed E-state index contributed by atoms with van der Waals surface area (Å²) in [5.74, 6) is -2.58. The van der Waals surface area contributed by atoms with Gasteiger partial charge in [-0.25, -0.2) is 9.59 Å². The van der Waals surface area contributed by atoms with E-state index in [2.05, 4.69) is 0 Å². The van der Waals surface area contributed by atoms with Gasteiger partial charge < -0.3 is 9.47 Å². The van der Waals surface area contributed by atoms with Crippen molar-refractivity contribution in [3.05, 3.63) is 39.9 Å². The van der Waals surface area contributed by atoms with E-state index in [4.69, 9.17) is 21.1 Å². The lowest BCUT2D eigenvalue weighted by atomic mass is 10.0. The van der Waals surface area contributed by atoms with Crippen LogP contribution in [0.2, 0.25) is 5.02 Å². The summed E-state index contributed by atoms with van der Waals surface area (Å²) in [6.45, 7) is 4.99. The Hall–Kier alpha value is -1.81. The highest BCUT2D eigenvalue weighted by Crippen LogP contribution is 2.26. The third-order valence-electron chi connectivity index (χ3n) is 2.90. The zero-order valence-corrected chi connectivity index (χ0v) is 12.3. The van der Waals surface area contributed by atoms with Crippen LogP contribution in [0.15, 0.2) is 23.8 Å². The van der Waals surface area contributed by atoms with Gasteiger partial charge in [-0.15, -0.1) is 0 Å². The van der Waals surface area contributed by atoms with Crippen LogP contribution in [0.5, 0.6) is 0 Å². The van der Waals surface area contributed by atoms with Gasteiger partial charge in [0.25, 0.3) is 5.79 Å². The number of carbonyl (C=O) groups is 2. The Bertz CT molecular complexity index is 580. The number of halogens is 1.